The summed E-state index contributed by atoms with van der Waals surface area (Å²) in [7, 11) is 0. The first-order valence-electron chi connectivity index (χ1n) is 4.29. The van der Waals surface area contributed by atoms with Crippen LogP contribution in [0.15, 0.2) is 12.4 Å². The summed E-state index contributed by atoms with van der Waals surface area (Å²) in [4.78, 5) is 18.1. The fourth-order valence-corrected chi connectivity index (χ4v) is 1.41. The monoisotopic (exact) mass is 214 g/mol. The summed E-state index contributed by atoms with van der Waals surface area (Å²) in [5.41, 5.74) is 5.65. The van der Waals surface area contributed by atoms with Crippen LogP contribution in [-0.4, -0.2) is 33.9 Å². The van der Waals surface area contributed by atoms with Crippen LogP contribution >= 0.6 is 11.8 Å². The van der Waals surface area contributed by atoms with Crippen molar-refractivity contribution in [3.8, 4) is 0 Å². The molecule has 0 saturated carbocycles. The Hall–Kier alpha value is -1.01. The third-order valence-electron chi connectivity index (χ3n) is 1.71. The predicted octanol–water partition coefficient (Wildman–Crippen LogP) is 0.429. The molecule has 0 radical (unpaired) electrons. The molecule has 1 rings (SSSR count). The summed E-state index contributed by atoms with van der Waals surface area (Å²) >= 11 is 1.67. The number of H-pyrrole nitrogens is 1. The smallest absolute Gasteiger partial charge is 0.243 e. The maximum atomic E-state index is 11.4. The zero-order valence-corrected chi connectivity index (χ0v) is 8.80. The molecule has 1 heterocycles. The highest BCUT2D eigenvalue weighted by Gasteiger charge is 2.13. The second-order valence-electron chi connectivity index (χ2n) is 2.81. The Bertz CT molecular complexity index is 275. The molecule has 1 atom stereocenters. The summed E-state index contributed by atoms with van der Waals surface area (Å²) in [6, 6.07) is -0.465. The molecule has 1 amide bonds. The van der Waals surface area contributed by atoms with Crippen molar-refractivity contribution in [2.75, 3.05) is 17.3 Å². The molecule has 6 heteroatoms. The lowest BCUT2D eigenvalue weighted by atomic mass is 10.2. The zero-order chi connectivity index (χ0) is 10.4. The average Bonchev–Trinajstić information content (AvgIpc) is 2.66. The molecule has 0 bridgehead atoms. The summed E-state index contributed by atoms with van der Waals surface area (Å²) in [5, 5.41) is 2.59. The number of rotatable bonds is 5. The Labute approximate surface area is 86.9 Å². The van der Waals surface area contributed by atoms with E-state index in [1.54, 1.807) is 24.2 Å². The van der Waals surface area contributed by atoms with Crippen LogP contribution in [-0.2, 0) is 4.79 Å². The molecule has 0 spiro atoms. The van der Waals surface area contributed by atoms with Gasteiger partial charge in [0.05, 0.1) is 6.04 Å². The Morgan fingerprint density at radius 2 is 2.64 bits per heavy atom. The van der Waals surface area contributed by atoms with Crippen molar-refractivity contribution in [1.82, 2.24) is 9.97 Å². The lowest BCUT2D eigenvalue weighted by molar-refractivity contribution is -0.117. The maximum absolute atomic E-state index is 11.4. The molecule has 0 unspecified atom stereocenters. The van der Waals surface area contributed by atoms with Gasteiger partial charge in [0.25, 0.3) is 0 Å². The minimum absolute atomic E-state index is 0.200. The topological polar surface area (TPSA) is 83.8 Å². The van der Waals surface area contributed by atoms with Gasteiger partial charge in [-0.2, -0.15) is 11.8 Å². The van der Waals surface area contributed by atoms with Crippen molar-refractivity contribution in [1.29, 1.82) is 0 Å². The lowest BCUT2D eigenvalue weighted by Gasteiger charge is -2.09. The molecule has 0 fully saturated rings. The van der Waals surface area contributed by atoms with Gasteiger partial charge in [-0.3, -0.25) is 10.1 Å². The summed E-state index contributed by atoms with van der Waals surface area (Å²) in [5.74, 6) is 1.12. The van der Waals surface area contributed by atoms with Crippen molar-refractivity contribution in [3.63, 3.8) is 0 Å². The van der Waals surface area contributed by atoms with Crippen LogP contribution in [0.25, 0.3) is 0 Å². The third-order valence-corrected chi connectivity index (χ3v) is 2.35. The minimum Gasteiger partial charge on any atom is -0.331 e. The first kappa shape index (κ1) is 11.1. The number of hydrogen-bond acceptors (Lipinski definition) is 4. The zero-order valence-electron chi connectivity index (χ0n) is 7.99. The molecule has 0 aliphatic heterocycles. The van der Waals surface area contributed by atoms with Gasteiger partial charge in [0.1, 0.15) is 0 Å². The van der Waals surface area contributed by atoms with Gasteiger partial charge in [0.2, 0.25) is 11.9 Å². The molecule has 1 aromatic rings. The Balaban J connectivity index is 2.34. The first-order valence-corrected chi connectivity index (χ1v) is 5.68. The molecule has 4 N–H and O–H groups in total. The van der Waals surface area contributed by atoms with Crippen molar-refractivity contribution in [2.24, 2.45) is 5.73 Å². The van der Waals surface area contributed by atoms with E-state index in [1.807, 2.05) is 6.26 Å². The fourth-order valence-electron chi connectivity index (χ4n) is 0.919. The molecule has 1 aromatic heterocycles. The number of nitrogens with two attached hydrogens (primary N) is 1. The highest BCUT2D eigenvalue weighted by atomic mass is 32.2. The minimum atomic E-state index is -0.465. The molecule has 78 valence electrons. The second kappa shape index (κ2) is 5.66. The van der Waals surface area contributed by atoms with Crippen LogP contribution in [0.1, 0.15) is 6.42 Å². The van der Waals surface area contributed by atoms with Gasteiger partial charge in [0.15, 0.2) is 0 Å². The summed E-state index contributed by atoms with van der Waals surface area (Å²) < 4.78 is 0. The number of nitrogens with zero attached hydrogens (tertiary/aromatic N) is 1. The number of thioether (sulfide) groups is 1. The third kappa shape index (κ3) is 3.39. The highest BCUT2D eigenvalue weighted by molar-refractivity contribution is 7.98. The average molecular weight is 214 g/mol. The Kier molecular flexibility index (Phi) is 4.48. The molecule has 0 aliphatic carbocycles. The number of aromatic nitrogens is 2. The standard InChI is InChI=1S/C8H14N4OS/c1-14-5-2-6(9)7(13)12-8-10-3-4-11-8/h3-4,6H,2,5,9H2,1H3,(H2,10,11,12,13)/t6-/m1/s1. The van der Waals surface area contributed by atoms with Gasteiger partial charge in [0, 0.05) is 12.4 Å². The van der Waals surface area contributed by atoms with Crippen molar-refractivity contribution in [3.05, 3.63) is 12.4 Å². The first-order chi connectivity index (χ1) is 6.74. The van der Waals surface area contributed by atoms with E-state index in [2.05, 4.69) is 15.3 Å². The normalized spacial score (nSPS) is 12.4. The highest BCUT2D eigenvalue weighted by Crippen LogP contribution is 2.01. The van der Waals surface area contributed by atoms with Crippen molar-refractivity contribution >= 4 is 23.6 Å². The van der Waals surface area contributed by atoms with E-state index in [9.17, 15) is 4.79 Å². The van der Waals surface area contributed by atoms with E-state index < -0.39 is 6.04 Å². The van der Waals surface area contributed by atoms with Gasteiger partial charge in [-0.25, -0.2) is 4.98 Å². The van der Waals surface area contributed by atoms with E-state index in [-0.39, 0.29) is 5.91 Å². The summed E-state index contributed by atoms with van der Waals surface area (Å²) in [6.45, 7) is 0. The van der Waals surface area contributed by atoms with E-state index in [0.29, 0.717) is 12.4 Å². The van der Waals surface area contributed by atoms with E-state index >= 15 is 0 Å². The van der Waals surface area contributed by atoms with Crippen molar-refractivity contribution < 1.29 is 4.79 Å². The van der Waals surface area contributed by atoms with Gasteiger partial charge in [-0.15, -0.1) is 0 Å². The van der Waals surface area contributed by atoms with Crippen LogP contribution in [0, 0.1) is 0 Å². The van der Waals surface area contributed by atoms with E-state index in [4.69, 9.17) is 5.73 Å². The molecular weight excluding hydrogens is 200 g/mol. The van der Waals surface area contributed by atoms with Crippen LogP contribution in [0.3, 0.4) is 0 Å². The Morgan fingerprint density at radius 1 is 1.86 bits per heavy atom. The molecular formula is C8H14N4OS. The van der Waals surface area contributed by atoms with Crippen LogP contribution < -0.4 is 11.1 Å². The van der Waals surface area contributed by atoms with Gasteiger partial charge < -0.3 is 10.7 Å². The molecule has 0 saturated heterocycles. The van der Waals surface area contributed by atoms with Gasteiger partial charge >= 0.3 is 0 Å². The van der Waals surface area contributed by atoms with Gasteiger partial charge in [-0.1, -0.05) is 0 Å². The maximum Gasteiger partial charge on any atom is 0.243 e. The van der Waals surface area contributed by atoms with E-state index in [0.717, 1.165) is 5.75 Å². The number of carbonyl (C=O) groups is 1. The number of hydrogen-bond donors (Lipinski definition) is 3. The summed E-state index contributed by atoms with van der Waals surface area (Å²) in [6.07, 6.45) is 5.87. The number of carbonyl (C=O) groups excluding carboxylic acids is 1. The number of nitrogens with one attached hydrogen (secondary N) is 2. The van der Waals surface area contributed by atoms with Crippen LogP contribution in [0.5, 0.6) is 0 Å². The molecule has 0 aromatic carbocycles. The number of amides is 1. The fraction of sp³-hybridized carbons (Fsp3) is 0.500. The molecule has 5 nitrogen and oxygen atoms in total. The largest absolute Gasteiger partial charge is 0.331 e. The molecule has 0 aliphatic rings. The van der Waals surface area contributed by atoms with Crippen LogP contribution in [0.2, 0.25) is 0 Å². The SMILES string of the molecule is CSCC[C@@H](N)C(=O)Nc1ncc[nH]1. The number of imidazole rings is 1. The Morgan fingerprint density at radius 3 is 3.21 bits per heavy atom. The lowest BCUT2D eigenvalue weighted by Crippen LogP contribution is -2.36. The molecule has 14 heavy (non-hydrogen) atoms. The predicted molar refractivity (Wildman–Crippen MR) is 58.2 cm³/mol. The van der Waals surface area contributed by atoms with Crippen molar-refractivity contribution in [2.45, 2.75) is 12.5 Å². The second-order valence-corrected chi connectivity index (χ2v) is 3.80. The van der Waals surface area contributed by atoms with Gasteiger partial charge in [-0.05, 0) is 18.4 Å². The van der Waals surface area contributed by atoms with E-state index in [1.165, 1.54) is 0 Å². The number of anilines is 1. The quantitative estimate of drug-likeness (QED) is 0.663. The van der Waals surface area contributed by atoms with Crippen LogP contribution in [0.4, 0.5) is 5.95 Å². The number of aromatic amines is 1.